The second kappa shape index (κ2) is 8.54. The van der Waals surface area contributed by atoms with Crippen LogP contribution in [-0.4, -0.2) is 34.0 Å². The molecule has 0 saturated carbocycles. The molecule has 7 heteroatoms. The maximum Gasteiger partial charge on any atom is 0.241 e. The minimum Gasteiger partial charge on any atom is -0.372 e. The van der Waals surface area contributed by atoms with Crippen LogP contribution in [0, 0.1) is 6.92 Å². The first-order valence-electron chi connectivity index (χ1n) is 9.16. The molecule has 1 fully saturated rings. The normalized spacial score (nSPS) is 14.8. The number of anilines is 2. The first kappa shape index (κ1) is 19.4. The van der Waals surface area contributed by atoms with Gasteiger partial charge in [0.15, 0.2) is 0 Å². The molecule has 0 aliphatic carbocycles. The Morgan fingerprint density at radius 3 is 2.33 bits per heavy atom. The molecule has 0 radical (unpaired) electrons. The number of carbonyl (C=O) groups excluding carboxylic acids is 1. The van der Waals surface area contributed by atoms with Crippen LogP contribution < -0.4 is 14.9 Å². The van der Waals surface area contributed by atoms with Gasteiger partial charge in [-0.05, 0) is 62.1 Å². The van der Waals surface area contributed by atoms with Gasteiger partial charge in [-0.25, -0.2) is 13.1 Å². The van der Waals surface area contributed by atoms with Crippen LogP contribution >= 0.6 is 0 Å². The number of amides is 1. The SMILES string of the molecule is Cc1ccccc1S(=O)(=O)NCC(=O)Nc1ccc(N2CCCCC2)cc1. The Kier molecular flexibility index (Phi) is 6.13. The zero-order chi connectivity index (χ0) is 19.3. The van der Waals surface area contributed by atoms with E-state index in [1.807, 2.05) is 24.3 Å². The number of rotatable bonds is 6. The van der Waals surface area contributed by atoms with Crippen LogP contribution in [0.4, 0.5) is 11.4 Å². The van der Waals surface area contributed by atoms with Gasteiger partial charge in [-0.2, -0.15) is 0 Å². The van der Waals surface area contributed by atoms with Gasteiger partial charge in [0.25, 0.3) is 0 Å². The van der Waals surface area contributed by atoms with Gasteiger partial charge >= 0.3 is 0 Å². The Hall–Kier alpha value is -2.38. The summed E-state index contributed by atoms with van der Waals surface area (Å²) in [5, 5.41) is 2.73. The Bertz CT molecular complexity index is 889. The van der Waals surface area contributed by atoms with E-state index in [1.54, 1.807) is 25.1 Å². The van der Waals surface area contributed by atoms with Crippen LogP contribution in [0.2, 0.25) is 0 Å². The summed E-state index contributed by atoms with van der Waals surface area (Å²) in [6, 6.07) is 14.3. The Labute approximate surface area is 160 Å². The molecule has 1 saturated heterocycles. The smallest absolute Gasteiger partial charge is 0.241 e. The zero-order valence-corrected chi connectivity index (χ0v) is 16.3. The van der Waals surface area contributed by atoms with Gasteiger partial charge in [0.2, 0.25) is 15.9 Å². The molecule has 2 aromatic carbocycles. The molecule has 144 valence electrons. The van der Waals surface area contributed by atoms with E-state index in [0.29, 0.717) is 11.3 Å². The predicted octanol–water partition coefficient (Wildman–Crippen LogP) is 2.90. The predicted molar refractivity (Wildman–Crippen MR) is 108 cm³/mol. The molecular formula is C20H25N3O3S. The monoisotopic (exact) mass is 387 g/mol. The van der Waals surface area contributed by atoms with Crippen molar-refractivity contribution < 1.29 is 13.2 Å². The van der Waals surface area contributed by atoms with E-state index in [1.165, 1.54) is 25.3 Å². The molecule has 27 heavy (non-hydrogen) atoms. The van der Waals surface area contributed by atoms with Gasteiger partial charge in [-0.1, -0.05) is 18.2 Å². The molecule has 0 atom stereocenters. The summed E-state index contributed by atoms with van der Waals surface area (Å²) >= 11 is 0. The van der Waals surface area contributed by atoms with Crippen LogP contribution in [0.1, 0.15) is 24.8 Å². The lowest BCUT2D eigenvalue weighted by Gasteiger charge is -2.28. The highest BCUT2D eigenvalue weighted by Gasteiger charge is 2.17. The van der Waals surface area contributed by atoms with Crippen molar-refractivity contribution in [2.45, 2.75) is 31.1 Å². The third-order valence-electron chi connectivity index (χ3n) is 4.68. The fraction of sp³-hybridized carbons (Fsp3) is 0.350. The third kappa shape index (κ3) is 5.08. The van der Waals surface area contributed by atoms with Gasteiger partial charge in [-0.3, -0.25) is 4.79 Å². The van der Waals surface area contributed by atoms with Crippen LogP contribution in [0.15, 0.2) is 53.4 Å². The molecule has 2 aromatic rings. The number of hydrogen-bond donors (Lipinski definition) is 2. The van der Waals surface area contributed by atoms with Crippen molar-refractivity contribution in [2.24, 2.45) is 0 Å². The molecular weight excluding hydrogens is 362 g/mol. The molecule has 0 unspecified atom stereocenters. The average molecular weight is 388 g/mol. The fourth-order valence-corrected chi connectivity index (χ4v) is 4.44. The highest BCUT2D eigenvalue weighted by Crippen LogP contribution is 2.21. The van der Waals surface area contributed by atoms with Crippen molar-refractivity contribution in [3.05, 3.63) is 54.1 Å². The van der Waals surface area contributed by atoms with E-state index in [4.69, 9.17) is 0 Å². The minimum absolute atomic E-state index is 0.184. The Balaban J connectivity index is 1.55. The van der Waals surface area contributed by atoms with E-state index in [0.717, 1.165) is 18.8 Å². The summed E-state index contributed by atoms with van der Waals surface area (Å²) in [6.45, 7) is 3.53. The maximum absolute atomic E-state index is 12.3. The number of nitrogens with zero attached hydrogens (tertiary/aromatic N) is 1. The van der Waals surface area contributed by atoms with Gasteiger partial charge in [0.05, 0.1) is 11.4 Å². The van der Waals surface area contributed by atoms with Gasteiger partial charge in [-0.15, -0.1) is 0 Å². The number of carbonyl (C=O) groups is 1. The van der Waals surface area contributed by atoms with Crippen LogP contribution in [0.5, 0.6) is 0 Å². The van der Waals surface area contributed by atoms with Crippen LogP contribution in [0.25, 0.3) is 0 Å². The molecule has 1 amide bonds. The van der Waals surface area contributed by atoms with Crippen LogP contribution in [-0.2, 0) is 14.8 Å². The molecule has 1 heterocycles. The molecule has 2 N–H and O–H groups in total. The van der Waals surface area contributed by atoms with E-state index in [-0.39, 0.29) is 11.4 Å². The molecule has 1 aliphatic rings. The van der Waals surface area contributed by atoms with Crippen LogP contribution in [0.3, 0.4) is 0 Å². The number of hydrogen-bond acceptors (Lipinski definition) is 4. The summed E-state index contributed by atoms with van der Waals surface area (Å²) in [5.41, 5.74) is 2.43. The fourth-order valence-electron chi connectivity index (χ4n) is 3.21. The summed E-state index contributed by atoms with van der Waals surface area (Å²) < 4.78 is 27.0. The highest BCUT2D eigenvalue weighted by atomic mass is 32.2. The number of nitrogens with one attached hydrogen (secondary N) is 2. The van der Waals surface area contributed by atoms with Crippen molar-refractivity contribution >= 4 is 27.3 Å². The standard InChI is InChI=1S/C20H25N3O3S/c1-16-7-3-4-8-19(16)27(25,26)21-15-20(24)22-17-9-11-18(12-10-17)23-13-5-2-6-14-23/h3-4,7-12,21H,2,5-6,13-15H2,1H3,(H,22,24). The second-order valence-electron chi connectivity index (χ2n) is 6.73. The number of benzene rings is 2. The molecule has 0 spiro atoms. The Morgan fingerprint density at radius 1 is 1.00 bits per heavy atom. The molecule has 1 aliphatic heterocycles. The van der Waals surface area contributed by atoms with Crippen molar-refractivity contribution in [1.29, 1.82) is 0 Å². The quantitative estimate of drug-likeness (QED) is 0.799. The third-order valence-corrected chi connectivity index (χ3v) is 6.24. The van der Waals surface area contributed by atoms with Crippen molar-refractivity contribution in [1.82, 2.24) is 4.72 Å². The molecule has 0 bridgehead atoms. The van der Waals surface area contributed by atoms with Crippen molar-refractivity contribution in [3.63, 3.8) is 0 Å². The lowest BCUT2D eigenvalue weighted by atomic mass is 10.1. The lowest BCUT2D eigenvalue weighted by Crippen LogP contribution is -2.33. The number of aryl methyl sites for hydroxylation is 1. The highest BCUT2D eigenvalue weighted by molar-refractivity contribution is 7.89. The second-order valence-corrected chi connectivity index (χ2v) is 8.47. The lowest BCUT2D eigenvalue weighted by molar-refractivity contribution is -0.115. The number of sulfonamides is 1. The van der Waals surface area contributed by atoms with E-state index >= 15 is 0 Å². The van der Waals surface area contributed by atoms with Crippen molar-refractivity contribution in [2.75, 3.05) is 29.9 Å². The minimum atomic E-state index is -3.72. The summed E-state index contributed by atoms with van der Waals surface area (Å²) in [4.78, 5) is 14.6. The van der Waals surface area contributed by atoms with Gasteiger partial charge in [0.1, 0.15) is 0 Å². The molecule has 6 nitrogen and oxygen atoms in total. The van der Waals surface area contributed by atoms with E-state index in [2.05, 4.69) is 14.9 Å². The summed E-state index contributed by atoms with van der Waals surface area (Å²) in [7, 11) is -3.72. The summed E-state index contributed by atoms with van der Waals surface area (Å²) in [5.74, 6) is -0.405. The first-order valence-corrected chi connectivity index (χ1v) is 10.6. The summed E-state index contributed by atoms with van der Waals surface area (Å²) in [6.07, 6.45) is 3.70. The largest absolute Gasteiger partial charge is 0.372 e. The van der Waals surface area contributed by atoms with E-state index in [9.17, 15) is 13.2 Å². The molecule has 3 rings (SSSR count). The maximum atomic E-state index is 12.3. The van der Waals surface area contributed by atoms with E-state index < -0.39 is 15.9 Å². The van der Waals surface area contributed by atoms with Gasteiger partial charge in [0, 0.05) is 24.5 Å². The zero-order valence-electron chi connectivity index (χ0n) is 15.4. The van der Waals surface area contributed by atoms with Crippen molar-refractivity contribution in [3.8, 4) is 0 Å². The molecule has 0 aromatic heterocycles. The topological polar surface area (TPSA) is 78.5 Å². The van der Waals surface area contributed by atoms with Gasteiger partial charge < -0.3 is 10.2 Å². The number of piperidine rings is 1. The Morgan fingerprint density at radius 2 is 1.67 bits per heavy atom. The average Bonchev–Trinajstić information content (AvgIpc) is 2.68. The first-order chi connectivity index (χ1) is 13.0.